The van der Waals surface area contributed by atoms with Crippen LogP contribution in [0.25, 0.3) is 0 Å². The molecular weight excluding hydrogens is 405 g/mol. The van der Waals surface area contributed by atoms with E-state index in [-0.39, 0.29) is 48.3 Å². The summed E-state index contributed by atoms with van der Waals surface area (Å²) in [4.78, 5) is 16.8. The summed E-state index contributed by atoms with van der Waals surface area (Å²) in [6, 6.07) is 4.16. The van der Waals surface area contributed by atoms with Crippen molar-refractivity contribution in [1.82, 2.24) is 15.1 Å². The molecule has 1 fully saturated rings. The Morgan fingerprint density at radius 1 is 1.04 bits per heavy atom. The van der Waals surface area contributed by atoms with E-state index in [9.17, 15) is 4.79 Å². The first-order chi connectivity index (χ1) is 11.5. The predicted molar refractivity (Wildman–Crippen MR) is 119 cm³/mol. The minimum absolute atomic E-state index is 0. The van der Waals surface area contributed by atoms with E-state index >= 15 is 0 Å². The number of hydrogen-bond acceptors (Lipinski definition) is 4. The highest BCUT2D eigenvalue weighted by Gasteiger charge is 2.13. The second-order valence-corrected chi connectivity index (χ2v) is 6.86. The summed E-state index contributed by atoms with van der Waals surface area (Å²) in [5, 5.41) is 2.95. The lowest BCUT2D eigenvalue weighted by atomic mass is 10.1. The van der Waals surface area contributed by atoms with Crippen molar-refractivity contribution in [2.24, 2.45) is 0 Å². The molecule has 1 amide bonds. The molecule has 5 N–H and O–H groups in total. The van der Waals surface area contributed by atoms with E-state index in [0.717, 1.165) is 56.0 Å². The smallest absolute Gasteiger partial charge is 0.257 e. The van der Waals surface area contributed by atoms with Crippen LogP contribution in [0.5, 0.6) is 5.75 Å². The number of halogens is 2. The molecule has 0 unspecified atom stereocenters. The number of nitrogens with one attached hydrogen (secondary N) is 1. The van der Waals surface area contributed by atoms with E-state index in [1.165, 1.54) is 5.56 Å². The minimum atomic E-state index is -0.0484. The SMILES string of the molecule is Cc1cc(C)c(OCC(=O)NCCCN2CCN(C)CC2)c(C)c1.Cl.Cl.O.O. The highest BCUT2D eigenvalue weighted by Crippen LogP contribution is 2.24. The molecule has 1 heterocycles. The van der Waals surface area contributed by atoms with Crippen molar-refractivity contribution in [2.75, 3.05) is 52.9 Å². The molecule has 2 rings (SSSR count). The molecule has 1 aromatic rings. The predicted octanol–water partition coefficient (Wildman–Crippen LogP) is 0.939. The zero-order valence-electron chi connectivity index (χ0n) is 17.3. The van der Waals surface area contributed by atoms with E-state index in [2.05, 4.69) is 41.2 Å². The van der Waals surface area contributed by atoms with Crippen molar-refractivity contribution in [3.63, 3.8) is 0 Å². The molecule has 28 heavy (non-hydrogen) atoms. The number of carbonyl (C=O) groups is 1. The monoisotopic (exact) mass is 441 g/mol. The van der Waals surface area contributed by atoms with Crippen LogP contribution in [0.1, 0.15) is 23.1 Å². The molecule has 0 aliphatic carbocycles. The zero-order chi connectivity index (χ0) is 17.5. The first-order valence-electron chi connectivity index (χ1n) is 8.84. The third kappa shape index (κ3) is 10.5. The molecule has 0 atom stereocenters. The lowest BCUT2D eigenvalue weighted by Gasteiger charge is -2.32. The quantitative estimate of drug-likeness (QED) is 0.634. The van der Waals surface area contributed by atoms with Gasteiger partial charge < -0.3 is 30.8 Å². The van der Waals surface area contributed by atoms with Gasteiger partial charge in [-0.15, -0.1) is 24.8 Å². The van der Waals surface area contributed by atoms with Gasteiger partial charge in [-0.05, 0) is 51.9 Å². The van der Waals surface area contributed by atoms with Gasteiger partial charge in [0.05, 0.1) is 0 Å². The lowest BCUT2D eigenvalue weighted by Crippen LogP contribution is -2.45. The summed E-state index contributed by atoms with van der Waals surface area (Å²) < 4.78 is 5.72. The summed E-state index contributed by atoms with van der Waals surface area (Å²) in [5.41, 5.74) is 3.37. The number of aryl methyl sites for hydroxylation is 3. The van der Waals surface area contributed by atoms with Crippen LogP contribution in [-0.4, -0.2) is 79.6 Å². The van der Waals surface area contributed by atoms with Crippen molar-refractivity contribution < 1.29 is 20.5 Å². The highest BCUT2D eigenvalue weighted by molar-refractivity contribution is 5.85. The van der Waals surface area contributed by atoms with Crippen LogP contribution in [0, 0.1) is 20.8 Å². The molecule has 166 valence electrons. The maximum absolute atomic E-state index is 11.9. The second kappa shape index (κ2) is 15.8. The Bertz CT molecular complexity index is 545. The third-order valence-electron chi connectivity index (χ3n) is 4.52. The van der Waals surface area contributed by atoms with Crippen molar-refractivity contribution in [2.45, 2.75) is 27.2 Å². The molecule has 1 saturated heterocycles. The standard InChI is InChI=1S/C19H31N3O2.2ClH.2H2O/c1-15-12-16(2)19(17(3)13-15)24-14-18(23)20-6-5-7-22-10-8-21(4)9-11-22;;;;/h12-13H,5-11,14H2,1-4H3,(H,20,23);2*1H;2*1H2. The van der Waals surface area contributed by atoms with E-state index < -0.39 is 0 Å². The summed E-state index contributed by atoms with van der Waals surface area (Å²) in [5.74, 6) is 0.779. The number of rotatable bonds is 7. The molecule has 7 nitrogen and oxygen atoms in total. The van der Waals surface area contributed by atoms with Gasteiger partial charge in [0.2, 0.25) is 0 Å². The van der Waals surface area contributed by atoms with Crippen LogP contribution in [0.3, 0.4) is 0 Å². The normalized spacial score (nSPS) is 13.9. The largest absolute Gasteiger partial charge is 0.483 e. The average Bonchev–Trinajstić information content (AvgIpc) is 2.52. The summed E-state index contributed by atoms with van der Waals surface area (Å²) in [6.07, 6.45) is 0.984. The van der Waals surface area contributed by atoms with Crippen LogP contribution in [0.15, 0.2) is 12.1 Å². The van der Waals surface area contributed by atoms with Crippen molar-refractivity contribution in [3.8, 4) is 5.75 Å². The number of benzene rings is 1. The maximum atomic E-state index is 11.9. The lowest BCUT2D eigenvalue weighted by molar-refractivity contribution is -0.123. The molecule has 1 aliphatic heterocycles. The number of carbonyl (C=O) groups excluding carboxylic acids is 1. The number of nitrogens with zero attached hydrogens (tertiary/aromatic N) is 2. The van der Waals surface area contributed by atoms with Crippen LogP contribution in [0.4, 0.5) is 0 Å². The average molecular weight is 442 g/mol. The number of likely N-dealkylation sites (N-methyl/N-ethyl adjacent to an activating group) is 1. The van der Waals surface area contributed by atoms with Gasteiger partial charge in [-0.25, -0.2) is 0 Å². The van der Waals surface area contributed by atoms with Crippen LogP contribution in [-0.2, 0) is 4.79 Å². The van der Waals surface area contributed by atoms with Gasteiger partial charge in [0, 0.05) is 32.7 Å². The van der Waals surface area contributed by atoms with Gasteiger partial charge in [-0.2, -0.15) is 0 Å². The van der Waals surface area contributed by atoms with Gasteiger partial charge in [-0.1, -0.05) is 17.7 Å². The number of ether oxygens (including phenoxy) is 1. The minimum Gasteiger partial charge on any atom is -0.483 e. The summed E-state index contributed by atoms with van der Waals surface area (Å²) in [6.45, 7) is 12.5. The Morgan fingerprint density at radius 2 is 1.57 bits per heavy atom. The number of piperazine rings is 1. The second-order valence-electron chi connectivity index (χ2n) is 6.86. The molecule has 0 aromatic heterocycles. The fourth-order valence-corrected chi connectivity index (χ4v) is 3.19. The molecular formula is C19H37Cl2N3O4. The highest BCUT2D eigenvalue weighted by atomic mass is 35.5. The van der Waals surface area contributed by atoms with E-state index in [1.54, 1.807) is 0 Å². The number of hydrogen-bond donors (Lipinski definition) is 1. The van der Waals surface area contributed by atoms with Crippen molar-refractivity contribution in [1.29, 1.82) is 0 Å². The Morgan fingerprint density at radius 3 is 2.11 bits per heavy atom. The molecule has 0 saturated carbocycles. The van der Waals surface area contributed by atoms with E-state index in [0.29, 0.717) is 6.54 Å². The first-order valence-corrected chi connectivity index (χ1v) is 8.84. The Balaban J connectivity index is -0.00000156. The zero-order valence-corrected chi connectivity index (χ0v) is 19.0. The van der Waals surface area contributed by atoms with E-state index in [1.807, 2.05) is 13.8 Å². The van der Waals surface area contributed by atoms with Crippen LogP contribution < -0.4 is 10.1 Å². The molecule has 1 aromatic carbocycles. The fraction of sp³-hybridized carbons (Fsp3) is 0.632. The summed E-state index contributed by atoms with van der Waals surface area (Å²) >= 11 is 0. The maximum Gasteiger partial charge on any atom is 0.257 e. The van der Waals surface area contributed by atoms with E-state index in [4.69, 9.17) is 4.74 Å². The van der Waals surface area contributed by atoms with Crippen LogP contribution >= 0.6 is 24.8 Å². The van der Waals surface area contributed by atoms with Crippen molar-refractivity contribution in [3.05, 3.63) is 28.8 Å². The molecule has 9 heteroatoms. The third-order valence-corrected chi connectivity index (χ3v) is 4.52. The van der Waals surface area contributed by atoms with Gasteiger partial charge in [-0.3, -0.25) is 4.79 Å². The molecule has 1 aliphatic rings. The van der Waals surface area contributed by atoms with Crippen LogP contribution in [0.2, 0.25) is 0 Å². The Kier molecular flexibility index (Phi) is 17.8. The molecule has 0 radical (unpaired) electrons. The topological polar surface area (TPSA) is 108 Å². The number of amides is 1. The summed E-state index contributed by atoms with van der Waals surface area (Å²) in [7, 11) is 2.16. The van der Waals surface area contributed by atoms with Gasteiger partial charge in [0.15, 0.2) is 6.61 Å². The van der Waals surface area contributed by atoms with Gasteiger partial charge in [0.1, 0.15) is 5.75 Å². The fourth-order valence-electron chi connectivity index (χ4n) is 3.19. The Hall–Kier alpha value is -1.09. The first kappa shape index (κ1) is 31.6. The van der Waals surface area contributed by atoms with Gasteiger partial charge in [0.25, 0.3) is 5.91 Å². The van der Waals surface area contributed by atoms with Gasteiger partial charge >= 0.3 is 0 Å². The van der Waals surface area contributed by atoms with Crippen molar-refractivity contribution >= 4 is 30.7 Å². The Labute approximate surface area is 181 Å². The molecule has 0 bridgehead atoms. The molecule has 0 spiro atoms.